The number of esters is 1. The molecule has 2 rings (SSSR count). The van der Waals surface area contributed by atoms with Crippen LogP contribution < -0.4 is 4.74 Å². The van der Waals surface area contributed by atoms with Gasteiger partial charge in [0.2, 0.25) is 5.71 Å². The Morgan fingerprint density at radius 3 is 2.26 bits per heavy atom. The highest BCUT2D eigenvalue weighted by atomic mass is 16.6. The van der Waals surface area contributed by atoms with Gasteiger partial charge in [-0.3, -0.25) is 4.79 Å². The first-order valence-electron chi connectivity index (χ1n) is 8.74. The average Bonchev–Trinajstić information content (AvgIpc) is 2.72. The molecule has 0 heterocycles. The lowest BCUT2D eigenvalue weighted by Crippen LogP contribution is -2.26. The Morgan fingerprint density at radius 1 is 0.926 bits per heavy atom. The number of ether oxygens (including phenoxy) is 2. The second kappa shape index (κ2) is 11.5. The van der Waals surface area contributed by atoms with Crippen LogP contribution in [-0.4, -0.2) is 31.2 Å². The molecule has 6 heteroatoms. The molecular weight excluding hydrogens is 346 g/mol. The highest BCUT2D eigenvalue weighted by Crippen LogP contribution is 2.10. The van der Waals surface area contributed by atoms with Gasteiger partial charge in [0, 0.05) is 6.42 Å². The summed E-state index contributed by atoms with van der Waals surface area (Å²) in [6.07, 6.45) is 1.42. The summed E-state index contributed by atoms with van der Waals surface area (Å²) in [6.45, 7) is 0.659. The van der Waals surface area contributed by atoms with Crippen molar-refractivity contribution in [2.45, 2.75) is 25.9 Å². The number of hydrogen-bond acceptors (Lipinski definition) is 6. The van der Waals surface area contributed by atoms with Crippen LogP contribution in [0.15, 0.2) is 65.8 Å². The van der Waals surface area contributed by atoms with E-state index in [-0.39, 0.29) is 18.7 Å². The van der Waals surface area contributed by atoms with E-state index in [2.05, 4.69) is 9.89 Å². The monoisotopic (exact) mass is 369 g/mol. The lowest BCUT2D eigenvalue weighted by Gasteiger charge is -2.06. The minimum atomic E-state index is -0.798. The van der Waals surface area contributed by atoms with Crippen molar-refractivity contribution >= 4 is 17.5 Å². The van der Waals surface area contributed by atoms with Crippen molar-refractivity contribution in [3.8, 4) is 5.75 Å². The Balaban J connectivity index is 1.77. The Morgan fingerprint density at radius 2 is 1.59 bits per heavy atom. The number of hydrogen-bond donors (Lipinski definition) is 0. The third kappa shape index (κ3) is 7.32. The smallest absolute Gasteiger partial charge is 0.363 e. The van der Waals surface area contributed by atoms with E-state index in [4.69, 9.17) is 9.57 Å². The van der Waals surface area contributed by atoms with Gasteiger partial charge in [-0.2, -0.15) is 0 Å². The zero-order valence-electron chi connectivity index (χ0n) is 15.3. The van der Waals surface area contributed by atoms with Gasteiger partial charge in [-0.05, 0) is 30.5 Å². The molecule has 2 aromatic carbocycles. The number of rotatable bonds is 11. The number of carbonyl (C=O) groups excluding carboxylic acids is 2. The maximum Gasteiger partial charge on any atom is 0.363 e. The number of benzene rings is 2. The number of para-hydroxylation sites is 1. The fourth-order valence-corrected chi connectivity index (χ4v) is 2.26. The van der Waals surface area contributed by atoms with Crippen LogP contribution in [-0.2, 0) is 25.8 Å². The van der Waals surface area contributed by atoms with Gasteiger partial charge in [-0.1, -0.05) is 53.7 Å². The molecule has 0 spiro atoms. The molecule has 0 atom stereocenters. The van der Waals surface area contributed by atoms with Crippen molar-refractivity contribution in [2.24, 2.45) is 5.16 Å². The minimum absolute atomic E-state index is 0.166. The highest BCUT2D eigenvalue weighted by Gasteiger charge is 2.21. The summed E-state index contributed by atoms with van der Waals surface area (Å²) in [7, 11) is 1.20. The van der Waals surface area contributed by atoms with E-state index in [0.717, 1.165) is 11.3 Å². The summed E-state index contributed by atoms with van der Waals surface area (Å²) in [5.41, 5.74) is 0.563. The lowest BCUT2D eigenvalue weighted by molar-refractivity contribution is -0.133. The molecule has 0 aliphatic carbocycles. The molecule has 27 heavy (non-hydrogen) atoms. The van der Waals surface area contributed by atoms with Crippen LogP contribution in [0.5, 0.6) is 5.75 Å². The van der Waals surface area contributed by atoms with Crippen molar-refractivity contribution in [1.82, 2.24) is 0 Å². The summed E-state index contributed by atoms with van der Waals surface area (Å²) in [5.74, 6) is -0.418. The maximum atomic E-state index is 12.3. The van der Waals surface area contributed by atoms with Crippen molar-refractivity contribution in [3.63, 3.8) is 0 Å². The molecule has 0 aliphatic heterocycles. The van der Waals surface area contributed by atoms with Crippen LogP contribution in [0.4, 0.5) is 0 Å². The number of carbonyl (C=O) groups is 2. The molecule has 0 radical (unpaired) electrons. The van der Waals surface area contributed by atoms with Gasteiger partial charge < -0.3 is 14.3 Å². The lowest BCUT2D eigenvalue weighted by atomic mass is 10.1. The van der Waals surface area contributed by atoms with Crippen molar-refractivity contribution < 1.29 is 23.9 Å². The summed E-state index contributed by atoms with van der Waals surface area (Å²) in [6, 6.07) is 18.8. The fourth-order valence-electron chi connectivity index (χ4n) is 2.26. The van der Waals surface area contributed by atoms with Gasteiger partial charge in [-0.15, -0.1) is 0 Å². The second-order valence-electron chi connectivity index (χ2n) is 5.73. The van der Waals surface area contributed by atoms with Crippen molar-refractivity contribution in [3.05, 3.63) is 66.2 Å². The molecule has 0 saturated heterocycles. The Hall–Kier alpha value is -3.15. The Bertz CT molecular complexity index is 744. The predicted octanol–water partition coefficient (Wildman–Crippen LogP) is 3.55. The van der Waals surface area contributed by atoms with Crippen LogP contribution in [0.1, 0.15) is 24.8 Å². The summed E-state index contributed by atoms with van der Waals surface area (Å²) < 4.78 is 10.2. The van der Waals surface area contributed by atoms with Crippen molar-refractivity contribution in [2.75, 3.05) is 13.7 Å². The summed E-state index contributed by atoms with van der Waals surface area (Å²) in [4.78, 5) is 29.2. The van der Waals surface area contributed by atoms with Crippen molar-refractivity contribution in [1.29, 1.82) is 0 Å². The largest absolute Gasteiger partial charge is 0.494 e. The van der Waals surface area contributed by atoms with Crippen LogP contribution in [0, 0.1) is 0 Å². The van der Waals surface area contributed by atoms with E-state index >= 15 is 0 Å². The molecule has 0 aliphatic rings. The average molecular weight is 369 g/mol. The molecule has 0 fully saturated rings. The van der Waals surface area contributed by atoms with E-state index < -0.39 is 11.8 Å². The second-order valence-corrected chi connectivity index (χ2v) is 5.73. The van der Waals surface area contributed by atoms with E-state index in [0.29, 0.717) is 19.4 Å². The van der Waals surface area contributed by atoms with E-state index in [1.807, 2.05) is 60.7 Å². The third-order valence-electron chi connectivity index (χ3n) is 3.68. The standard InChI is InChI=1S/C21H23NO5/c1-25-21(24)20(22-27-16-17-10-4-2-5-11-17)19(23)14-8-9-15-26-18-12-6-3-7-13-18/h2-7,10-13H,8-9,14-16H2,1H3/b22-20-. The van der Waals surface area contributed by atoms with Crippen LogP contribution >= 0.6 is 0 Å². The number of Topliss-reactive ketones (excluding diaryl/α,β-unsaturated/α-hetero) is 1. The number of oxime groups is 1. The number of methoxy groups -OCH3 is 1. The Labute approximate surface area is 158 Å². The minimum Gasteiger partial charge on any atom is -0.494 e. The molecule has 0 unspecified atom stereocenters. The van der Waals surface area contributed by atoms with Gasteiger partial charge in [0.1, 0.15) is 12.4 Å². The molecule has 142 valence electrons. The van der Waals surface area contributed by atoms with E-state index in [9.17, 15) is 9.59 Å². The zero-order valence-corrected chi connectivity index (χ0v) is 15.3. The van der Waals surface area contributed by atoms with E-state index in [1.165, 1.54) is 7.11 Å². The third-order valence-corrected chi connectivity index (χ3v) is 3.68. The van der Waals surface area contributed by atoms with Gasteiger partial charge in [0.05, 0.1) is 13.7 Å². The van der Waals surface area contributed by atoms with Crippen LogP contribution in [0.2, 0.25) is 0 Å². The summed E-state index contributed by atoms with van der Waals surface area (Å²) in [5, 5.41) is 3.70. The SMILES string of the molecule is COC(=O)/C(=N\OCc1ccccc1)C(=O)CCCCOc1ccccc1. The fraction of sp³-hybridized carbons (Fsp3) is 0.286. The molecule has 0 aromatic heterocycles. The van der Waals surface area contributed by atoms with Crippen LogP contribution in [0.25, 0.3) is 0 Å². The first kappa shape index (κ1) is 20.2. The van der Waals surface area contributed by atoms with Gasteiger partial charge in [0.25, 0.3) is 0 Å². The molecule has 0 saturated carbocycles. The molecule has 0 bridgehead atoms. The van der Waals surface area contributed by atoms with Gasteiger partial charge in [0.15, 0.2) is 5.78 Å². The molecule has 2 aromatic rings. The van der Waals surface area contributed by atoms with Crippen LogP contribution in [0.3, 0.4) is 0 Å². The van der Waals surface area contributed by atoms with Gasteiger partial charge in [-0.25, -0.2) is 4.79 Å². The first-order chi connectivity index (χ1) is 13.2. The number of ketones is 1. The zero-order chi connectivity index (χ0) is 19.3. The molecule has 6 nitrogen and oxygen atoms in total. The quantitative estimate of drug-likeness (QED) is 0.199. The van der Waals surface area contributed by atoms with E-state index in [1.54, 1.807) is 0 Å². The Kier molecular flexibility index (Phi) is 8.56. The van der Waals surface area contributed by atoms with Gasteiger partial charge >= 0.3 is 5.97 Å². The topological polar surface area (TPSA) is 74.2 Å². The molecule has 0 N–H and O–H groups in total. The molecule has 0 amide bonds. The highest BCUT2D eigenvalue weighted by molar-refractivity contribution is 6.64. The predicted molar refractivity (Wildman–Crippen MR) is 101 cm³/mol. The summed E-state index contributed by atoms with van der Waals surface area (Å²) >= 11 is 0. The first-order valence-corrected chi connectivity index (χ1v) is 8.74. The molecular formula is C21H23NO5. The normalized spacial score (nSPS) is 10.9. The number of nitrogens with zero attached hydrogens (tertiary/aromatic N) is 1. The number of unbranched alkanes of at least 4 members (excludes halogenated alkanes) is 1. The maximum absolute atomic E-state index is 12.3.